The number of carbonyl (C=O) groups is 1. The molecule has 6 heteroatoms. The lowest BCUT2D eigenvalue weighted by Crippen LogP contribution is -2.29. The van der Waals surface area contributed by atoms with Gasteiger partial charge in [-0.05, 0) is 42.0 Å². The molecule has 134 valence electrons. The van der Waals surface area contributed by atoms with Gasteiger partial charge < -0.3 is 20.1 Å². The lowest BCUT2D eigenvalue weighted by molar-refractivity contribution is -0.121. The molecule has 2 rings (SSSR count). The number of hydrogen-bond donors (Lipinski definition) is 2. The number of nitrogens with one attached hydrogen (secondary N) is 2. The van der Waals surface area contributed by atoms with E-state index in [1.807, 2.05) is 48.5 Å². The molecule has 0 aliphatic carbocycles. The fourth-order valence-corrected chi connectivity index (χ4v) is 2.26. The van der Waals surface area contributed by atoms with E-state index in [1.165, 1.54) is 0 Å². The largest absolute Gasteiger partial charge is 0.497 e. The summed E-state index contributed by atoms with van der Waals surface area (Å²) in [6, 6.07) is 14.9. The summed E-state index contributed by atoms with van der Waals surface area (Å²) >= 11 is 5.83. The van der Waals surface area contributed by atoms with E-state index in [0.29, 0.717) is 37.7 Å². The second kappa shape index (κ2) is 10.6. The highest BCUT2D eigenvalue weighted by Gasteiger charge is 2.01. The van der Waals surface area contributed by atoms with Crippen LogP contribution in [0.1, 0.15) is 12.0 Å². The van der Waals surface area contributed by atoms with E-state index < -0.39 is 0 Å². The molecular weight excluding hydrogens is 340 g/mol. The first-order valence-corrected chi connectivity index (χ1v) is 8.54. The van der Waals surface area contributed by atoms with E-state index in [0.717, 1.165) is 17.1 Å². The molecule has 25 heavy (non-hydrogen) atoms. The summed E-state index contributed by atoms with van der Waals surface area (Å²) < 4.78 is 10.7. The molecule has 0 unspecified atom stereocenters. The van der Waals surface area contributed by atoms with Crippen LogP contribution in [-0.2, 0) is 11.3 Å². The van der Waals surface area contributed by atoms with Gasteiger partial charge in [-0.1, -0.05) is 23.7 Å². The maximum atomic E-state index is 11.8. The normalized spacial score (nSPS) is 10.3. The number of benzene rings is 2. The molecule has 2 aromatic carbocycles. The van der Waals surface area contributed by atoms with Gasteiger partial charge in [0.25, 0.3) is 0 Å². The summed E-state index contributed by atoms with van der Waals surface area (Å²) in [5, 5.41) is 6.76. The first kappa shape index (κ1) is 19.1. The average molecular weight is 363 g/mol. The zero-order valence-corrected chi connectivity index (χ0v) is 15.0. The average Bonchev–Trinajstić information content (AvgIpc) is 2.64. The van der Waals surface area contributed by atoms with E-state index in [-0.39, 0.29) is 5.91 Å². The Balaban J connectivity index is 1.51. The van der Waals surface area contributed by atoms with Gasteiger partial charge in [0.2, 0.25) is 5.91 Å². The van der Waals surface area contributed by atoms with Crippen LogP contribution in [0.15, 0.2) is 48.5 Å². The van der Waals surface area contributed by atoms with Gasteiger partial charge in [0.1, 0.15) is 18.1 Å². The molecule has 2 aromatic rings. The standard InChI is InChI=1S/C19H23ClN2O3/c1-24-17-6-8-18(9-7-17)25-13-12-21-11-10-19(23)22-14-15-2-4-16(20)5-3-15/h2-9,21H,10-14H2,1H3,(H,22,23). The summed E-state index contributed by atoms with van der Waals surface area (Å²) in [5.41, 5.74) is 1.03. The van der Waals surface area contributed by atoms with Crippen LogP contribution >= 0.6 is 11.6 Å². The SMILES string of the molecule is COc1ccc(OCCNCCC(=O)NCc2ccc(Cl)cc2)cc1. The molecule has 0 atom stereocenters. The number of hydrogen-bond acceptors (Lipinski definition) is 4. The predicted octanol–water partition coefficient (Wildman–Crippen LogP) is 3.02. The lowest BCUT2D eigenvalue weighted by atomic mass is 10.2. The van der Waals surface area contributed by atoms with Crippen molar-refractivity contribution in [3.05, 3.63) is 59.1 Å². The summed E-state index contributed by atoms with van der Waals surface area (Å²) in [5.74, 6) is 1.61. The monoisotopic (exact) mass is 362 g/mol. The van der Waals surface area contributed by atoms with Crippen molar-refractivity contribution in [3.63, 3.8) is 0 Å². The van der Waals surface area contributed by atoms with Crippen LogP contribution in [0.25, 0.3) is 0 Å². The highest BCUT2D eigenvalue weighted by molar-refractivity contribution is 6.30. The Bertz CT molecular complexity index is 645. The minimum Gasteiger partial charge on any atom is -0.497 e. The molecule has 1 amide bonds. The lowest BCUT2D eigenvalue weighted by Gasteiger charge is -2.09. The Morgan fingerprint density at radius 2 is 1.68 bits per heavy atom. The van der Waals surface area contributed by atoms with Crippen LogP contribution in [0.3, 0.4) is 0 Å². The van der Waals surface area contributed by atoms with Crippen LogP contribution < -0.4 is 20.1 Å². The van der Waals surface area contributed by atoms with Gasteiger partial charge in [0.05, 0.1) is 7.11 Å². The first-order chi connectivity index (χ1) is 12.2. The molecule has 0 saturated carbocycles. The second-order valence-electron chi connectivity index (χ2n) is 5.43. The van der Waals surface area contributed by atoms with Crippen LogP contribution in [0.5, 0.6) is 11.5 Å². The third kappa shape index (κ3) is 7.45. The van der Waals surface area contributed by atoms with Gasteiger partial charge in [0, 0.05) is 31.1 Å². The number of rotatable bonds is 10. The Labute approximate surface area is 153 Å². The molecule has 0 heterocycles. The zero-order valence-electron chi connectivity index (χ0n) is 14.3. The van der Waals surface area contributed by atoms with E-state index in [9.17, 15) is 4.79 Å². The van der Waals surface area contributed by atoms with Crippen molar-refractivity contribution in [2.24, 2.45) is 0 Å². The molecule has 0 saturated heterocycles. The maximum absolute atomic E-state index is 11.8. The molecule has 0 bridgehead atoms. The summed E-state index contributed by atoms with van der Waals surface area (Å²) in [6.07, 6.45) is 0.427. The van der Waals surface area contributed by atoms with Gasteiger partial charge in [-0.3, -0.25) is 4.79 Å². The van der Waals surface area contributed by atoms with Crippen LogP contribution in [0.4, 0.5) is 0 Å². The third-order valence-corrected chi connectivity index (χ3v) is 3.79. The third-order valence-electron chi connectivity index (χ3n) is 3.54. The highest BCUT2D eigenvalue weighted by Crippen LogP contribution is 2.16. The summed E-state index contributed by atoms with van der Waals surface area (Å²) in [6.45, 7) is 2.34. The Morgan fingerprint density at radius 3 is 2.36 bits per heavy atom. The highest BCUT2D eigenvalue weighted by atomic mass is 35.5. The zero-order chi connectivity index (χ0) is 17.9. The van der Waals surface area contributed by atoms with Gasteiger partial charge in [-0.2, -0.15) is 0 Å². The summed E-state index contributed by atoms with van der Waals surface area (Å²) in [7, 11) is 1.63. The molecule has 0 radical (unpaired) electrons. The molecule has 2 N–H and O–H groups in total. The van der Waals surface area contributed by atoms with Gasteiger partial charge in [0.15, 0.2) is 0 Å². The van der Waals surface area contributed by atoms with Crippen molar-refractivity contribution in [1.29, 1.82) is 0 Å². The van der Waals surface area contributed by atoms with Crippen molar-refractivity contribution in [1.82, 2.24) is 10.6 Å². The second-order valence-corrected chi connectivity index (χ2v) is 5.86. The molecule has 0 aliphatic heterocycles. The maximum Gasteiger partial charge on any atom is 0.221 e. The smallest absolute Gasteiger partial charge is 0.221 e. The Hall–Kier alpha value is -2.24. The fraction of sp³-hybridized carbons (Fsp3) is 0.316. The van der Waals surface area contributed by atoms with Crippen molar-refractivity contribution < 1.29 is 14.3 Å². The Morgan fingerprint density at radius 1 is 1.00 bits per heavy atom. The van der Waals surface area contributed by atoms with E-state index >= 15 is 0 Å². The van der Waals surface area contributed by atoms with Crippen molar-refractivity contribution in [2.45, 2.75) is 13.0 Å². The van der Waals surface area contributed by atoms with E-state index in [2.05, 4.69) is 10.6 Å². The molecule has 5 nitrogen and oxygen atoms in total. The van der Waals surface area contributed by atoms with Crippen LogP contribution in [-0.4, -0.2) is 32.7 Å². The van der Waals surface area contributed by atoms with E-state index in [1.54, 1.807) is 7.11 Å². The molecule has 0 fully saturated rings. The first-order valence-electron chi connectivity index (χ1n) is 8.16. The quantitative estimate of drug-likeness (QED) is 0.638. The minimum absolute atomic E-state index is 0.0125. The number of carbonyl (C=O) groups excluding carboxylic acids is 1. The Kier molecular flexibility index (Phi) is 8.09. The molecular formula is C19H23ClN2O3. The molecule has 0 spiro atoms. The minimum atomic E-state index is 0.0125. The van der Waals surface area contributed by atoms with Crippen molar-refractivity contribution in [3.8, 4) is 11.5 Å². The van der Waals surface area contributed by atoms with Crippen LogP contribution in [0.2, 0.25) is 5.02 Å². The van der Waals surface area contributed by atoms with Gasteiger partial charge in [-0.15, -0.1) is 0 Å². The molecule has 0 aliphatic rings. The number of halogens is 1. The van der Waals surface area contributed by atoms with E-state index in [4.69, 9.17) is 21.1 Å². The van der Waals surface area contributed by atoms with Crippen molar-refractivity contribution in [2.75, 3.05) is 26.8 Å². The predicted molar refractivity (Wildman–Crippen MR) is 99.3 cm³/mol. The van der Waals surface area contributed by atoms with Crippen LogP contribution in [0, 0.1) is 0 Å². The fourth-order valence-electron chi connectivity index (χ4n) is 2.13. The number of ether oxygens (including phenoxy) is 2. The number of methoxy groups -OCH3 is 1. The molecule has 0 aromatic heterocycles. The number of amides is 1. The summed E-state index contributed by atoms with van der Waals surface area (Å²) in [4.78, 5) is 11.8. The van der Waals surface area contributed by atoms with Gasteiger partial charge in [-0.25, -0.2) is 0 Å². The van der Waals surface area contributed by atoms with Gasteiger partial charge >= 0.3 is 0 Å². The topological polar surface area (TPSA) is 59.6 Å². The van der Waals surface area contributed by atoms with Crippen molar-refractivity contribution >= 4 is 17.5 Å².